The standard InChI is InChI=1S/C17H25N5O2/c1-22(11-12-24-2)10-4-8-18-17(23)20-15-6-3-5-14(13-15)16-7-9-19-21-16/h3,5-7,9,13H,4,8,10-12H2,1-2H3,(H,19,21)(H2,18,20,23). The number of urea groups is 1. The summed E-state index contributed by atoms with van der Waals surface area (Å²) in [6.45, 7) is 3.16. The van der Waals surface area contributed by atoms with Crippen molar-refractivity contribution in [3.05, 3.63) is 36.5 Å². The minimum Gasteiger partial charge on any atom is -0.383 e. The van der Waals surface area contributed by atoms with Crippen molar-refractivity contribution in [1.29, 1.82) is 0 Å². The molecule has 0 fully saturated rings. The molecule has 0 aliphatic carbocycles. The molecular weight excluding hydrogens is 306 g/mol. The first-order valence-corrected chi connectivity index (χ1v) is 8.01. The number of rotatable bonds is 9. The lowest BCUT2D eigenvalue weighted by molar-refractivity contribution is 0.160. The monoisotopic (exact) mass is 331 g/mol. The molecule has 0 saturated carbocycles. The molecule has 0 atom stereocenters. The number of methoxy groups -OCH3 is 1. The number of anilines is 1. The maximum atomic E-state index is 12.0. The van der Waals surface area contributed by atoms with Gasteiger partial charge in [0.2, 0.25) is 0 Å². The van der Waals surface area contributed by atoms with Gasteiger partial charge in [-0.2, -0.15) is 5.10 Å². The Kier molecular flexibility index (Phi) is 7.25. The Labute approximate surface area is 142 Å². The Morgan fingerprint density at radius 1 is 1.33 bits per heavy atom. The summed E-state index contributed by atoms with van der Waals surface area (Å²) >= 11 is 0. The quantitative estimate of drug-likeness (QED) is 0.615. The highest BCUT2D eigenvalue weighted by atomic mass is 16.5. The first-order valence-electron chi connectivity index (χ1n) is 8.01. The van der Waals surface area contributed by atoms with E-state index in [4.69, 9.17) is 4.74 Å². The molecule has 0 bridgehead atoms. The molecular formula is C17H25N5O2. The van der Waals surface area contributed by atoms with Crippen LogP contribution in [0.15, 0.2) is 36.5 Å². The van der Waals surface area contributed by atoms with Gasteiger partial charge in [0.05, 0.1) is 12.3 Å². The van der Waals surface area contributed by atoms with Gasteiger partial charge in [-0.15, -0.1) is 0 Å². The molecule has 130 valence electrons. The fourth-order valence-corrected chi connectivity index (χ4v) is 2.27. The minimum atomic E-state index is -0.198. The van der Waals surface area contributed by atoms with E-state index < -0.39 is 0 Å². The van der Waals surface area contributed by atoms with E-state index in [-0.39, 0.29) is 6.03 Å². The summed E-state index contributed by atoms with van der Waals surface area (Å²) in [5.41, 5.74) is 2.64. The van der Waals surface area contributed by atoms with E-state index in [0.29, 0.717) is 6.54 Å². The molecule has 2 amide bonds. The molecule has 0 aliphatic heterocycles. The van der Waals surface area contributed by atoms with Crippen molar-refractivity contribution in [2.24, 2.45) is 0 Å². The van der Waals surface area contributed by atoms with Crippen LogP contribution in [0, 0.1) is 0 Å². The number of nitrogens with zero attached hydrogens (tertiary/aromatic N) is 2. The average molecular weight is 331 g/mol. The Balaban J connectivity index is 1.72. The summed E-state index contributed by atoms with van der Waals surface area (Å²) in [5.74, 6) is 0. The summed E-state index contributed by atoms with van der Waals surface area (Å²) < 4.78 is 5.03. The molecule has 0 spiro atoms. The van der Waals surface area contributed by atoms with E-state index in [0.717, 1.165) is 43.1 Å². The van der Waals surface area contributed by atoms with Gasteiger partial charge < -0.3 is 20.3 Å². The van der Waals surface area contributed by atoms with Gasteiger partial charge in [0.25, 0.3) is 0 Å². The van der Waals surface area contributed by atoms with Crippen molar-refractivity contribution in [2.45, 2.75) is 6.42 Å². The third kappa shape index (κ3) is 6.02. The van der Waals surface area contributed by atoms with Crippen LogP contribution in [-0.4, -0.2) is 61.5 Å². The molecule has 2 rings (SSSR count). The number of likely N-dealkylation sites (N-methyl/N-ethyl adjacent to an activating group) is 1. The van der Waals surface area contributed by atoms with Crippen LogP contribution in [-0.2, 0) is 4.74 Å². The van der Waals surface area contributed by atoms with E-state index in [1.165, 1.54) is 0 Å². The number of hydrogen-bond donors (Lipinski definition) is 3. The molecule has 7 heteroatoms. The number of carbonyl (C=O) groups excluding carboxylic acids is 1. The van der Waals surface area contributed by atoms with Crippen LogP contribution in [0.2, 0.25) is 0 Å². The number of ether oxygens (including phenoxy) is 1. The first kappa shape index (κ1) is 18.0. The number of H-pyrrole nitrogens is 1. The largest absolute Gasteiger partial charge is 0.383 e. The lowest BCUT2D eigenvalue weighted by Crippen LogP contribution is -2.32. The number of aromatic amines is 1. The molecule has 0 aliphatic rings. The third-order valence-corrected chi connectivity index (χ3v) is 3.61. The molecule has 2 aromatic rings. The van der Waals surface area contributed by atoms with Crippen LogP contribution < -0.4 is 10.6 Å². The fourth-order valence-electron chi connectivity index (χ4n) is 2.27. The zero-order valence-electron chi connectivity index (χ0n) is 14.2. The van der Waals surface area contributed by atoms with Crippen LogP contribution in [0.4, 0.5) is 10.5 Å². The van der Waals surface area contributed by atoms with E-state index in [1.807, 2.05) is 37.4 Å². The molecule has 1 aromatic carbocycles. The van der Waals surface area contributed by atoms with E-state index in [9.17, 15) is 4.79 Å². The number of amides is 2. The van der Waals surface area contributed by atoms with Crippen molar-refractivity contribution in [3.8, 4) is 11.3 Å². The lowest BCUT2D eigenvalue weighted by atomic mass is 10.1. The topological polar surface area (TPSA) is 82.3 Å². The summed E-state index contributed by atoms with van der Waals surface area (Å²) in [6.07, 6.45) is 2.59. The Morgan fingerprint density at radius 2 is 2.21 bits per heavy atom. The first-order chi connectivity index (χ1) is 11.7. The Hall–Kier alpha value is -2.38. The summed E-state index contributed by atoms with van der Waals surface area (Å²) in [6, 6.07) is 9.32. The molecule has 7 nitrogen and oxygen atoms in total. The van der Waals surface area contributed by atoms with E-state index >= 15 is 0 Å². The van der Waals surface area contributed by atoms with Gasteiger partial charge >= 0.3 is 6.03 Å². The molecule has 1 aromatic heterocycles. The number of hydrogen-bond acceptors (Lipinski definition) is 4. The SMILES string of the molecule is COCCN(C)CCCNC(=O)Nc1cccc(-c2ccn[nH]2)c1. The summed E-state index contributed by atoms with van der Waals surface area (Å²) in [4.78, 5) is 14.1. The predicted octanol–water partition coefficient (Wildman–Crippen LogP) is 2.17. The van der Waals surface area contributed by atoms with Crippen molar-refractivity contribution >= 4 is 11.7 Å². The van der Waals surface area contributed by atoms with Crippen molar-refractivity contribution in [1.82, 2.24) is 20.4 Å². The van der Waals surface area contributed by atoms with Crippen LogP contribution >= 0.6 is 0 Å². The van der Waals surface area contributed by atoms with Gasteiger partial charge in [-0.25, -0.2) is 4.79 Å². The molecule has 0 saturated heterocycles. The van der Waals surface area contributed by atoms with Gasteiger partial charge in [0.1, 0.15) is 0 Å². The zero-order valence-corrected chi connectivity index (χ0v) is 14.2. The highest BCUT2D eigenvalue weighted by molar-refractivity contribution is 5.89. The van der Waals surface area contributed by atoms with Gasteiger partial charge in [-0.3, -0.25) is 5.10 Å². The number of aromatic nitrogens is 2. The second kappa shape index (κ2) is 9.69. The number of benzene rings is 1. The Bertz CT molecular complexity index is 615. The zero-order chi connectivity index (χ0) is 17.2. The predicted molar refractivity (Wildman–Crippen MR) is 95.0 cm³/mol. The third-order valence-electron chi connectivity index (χ3n) is 3.61. The van der Waals surface area contributed by atoms with Crippen molar-refractivity contribution < 1.29 is 9.53 Å². The van der Waals surface area contributed by atoms with Crippen LogP contribution in [0.5, 0.6) is 0 Å². The fraction of sp³-hybridized carbons (Fsp3) is 0.412. The van der Waals surface area contributed by atoms with Crippen LogP contribution in [0.25, 0.3) is 11.3 Å². The lowest BCUT2D eigenvalue weighted by Gasteiger charge is -2.16. The maximum Gasteiger partial charge on any atom is 0.319 e. The molecule has 24 heavy (non-hydrogen) atoms. The van der Waals surface area contributed by atoms with Crippen molar-refractivity contribution in [2.75, 3.05) is 45.7 Å². The van der Waals surface area contributed by atoms with Gasteiger partial charge in [-0.1, -0.05) is 12.1 Å². The number of carbonyl (C=O) groups is 1. The second-order valence-corrected chi connectivity index (χ2v) is 5.58. The molecule has 1 heterocycles. The van der Waals surface area contributed by atoms with E-state index in [2.05, 4.69) is 25.7 Å². The smallest absolute Gasteiger partial charge is 0.319 e. The minimum absolute atomic E-state index is 0.198. The van der Waals surface area contributed by atoms with Gasteiger partial charge in [0.15, 0.2) is 0 Å². The van der Waals surface area contributed by atoms with Gasteiger partial charge in [0, 0.05) is 37.6 Å². The average Bonchev–Trinajstić information content (AvgIpc) is 3.12. The molecule has 0 unspecified atom stereocenters. The highest BCUT2D eigenvalue weighted by Gasteiger charge is 2.04. The maximum absolute atomic E-state index is 12.0. The van der Waals surface area contributed by atoms with E-state index in [1.54, 1.807) is 13.3 Å². The highest BCUT2D eigenvalue weighted by Crippen LogP contribution is 2.20. The van der Waals surface area contributed by atoms with Crippen molar-refractivity contribution in [3.63, 3.8) is 0 Å². The summed E-state index contributed by atoms with van der Waals surface area (Å²) in [7, 11) is 3.74. The number of nitrogens with one attached hydrogen (secondary N) is 3. The normalized spacial score (nSPS) is 10.8. The summed E-state index contributed by atoms with van der Waals surface area (Å²) in [5, 5.41) is 12.6. The van der Waals surface area contributed by atoms with Crippen LogP contribution in [0.3, 0.4) is 0 Å². The van der Waals surface area contributed by atoms with Crippen LogP contribution in [0.1, 0.15) is 6.42 Å². The molecule has 0 radical (unpaired) electrons. The second-order valence-electron chi connectivity index (χ2n) is 5.58. The Morgan fingerprint density at radius 3 is 2.96 bits per heavy atom. The molecule has 3 N–H and O–H groups in total. The van der Waals surface area contributed by atoms with Gasteiger partial charge in [-0.05, 0) is 38.2 Å².